The summed E-state index contributed by atoms with van der Waals surface area (Å²) in [5.74, 6) is 0. The fraction of sp³-hybridized carbons (Fsp3) is 0.611. The van der Waals surface area contributed by atoms with Crippen LogP contribution in [0.3, 0.4) is 0 Å². The molecule has 0 bridgehead atoms. The molecular formula is C18H30N2O3. The zero-order valence-electron chi connectivity index (χ0n) is 14.5. The first-order valence-electron chi connectivity index (χ1n) is 8.20. The van der Waals surface area contributed by atoms with Crippen LogP contribution in [0.4, 0.5) is 4.79 Å². The summed E-state index contributed by atoms with van der Waals surface area (Å²) < 4.78 is 5.26. The first-order valence-corrected chi connectivity index (χ1v) is 8.20. The number of aliphatic hydroxyl groups excluding tert-OH is 1. The molecule has 1 aliphatic heterocycles. The summed E-state index contributed by atoms with van der Waals surface area (Å²) in [6, 6.07) is 10.2. The highest BCUT2D eigenvalue weighted by molar-refractivity contribution is 5.68. The molecule has 0 saturated carbocycles. The molecule has 5 heteroatoms. The predicted octanol–water partition coefficient (Wildman–Crippen LogP) is 2.57. The fourth-order valence-electron chi connectivity index (χ4n) is 2.18. The molecule has 1 aliphatic rings. The third kappa shape index (κ3) is 8.57. The van der Waals surface area contributed by atoms with Crippen LogP contribution in [0.1, 0.15) is 39.2 Å². The van der Waals surface area contributed by atoms with Crippen molar-refractivity contribution in [1.82, 2.24) is 4.90 Å². The highest BCUT2D eigenvalue weighted by Gasteiger charge is 2.25. The predicted molar refractivity (Wildman–Crippen MR) is 92.2 cm³/mol. The van der Waals surface area contributed by atoms with E-state index in [0.717, 1.165) is 32.4 Å². The molecule has 1 fully saturated rings. The lowest BCUT2D eigenvalue weighted by atomic mass is 10.1. The van der Waals surface area contributed by atoms with Crippen molar-refractivity contribution in [3.63, 3.8) is 0 Å². The molecule has 0 spiro atoms. The van der Waals surface area contributed by atoms with Gasteiger partial charge < -0.3 is 20.5 Å². The van der Waals surface area contributed by atoms with Crippen LogP contribution in [-0.2, 0) is 11.2 Å². The number of aliphatic hydroxyl groups is 1. The Morgan fingerprint density at radius 2 is 1.83 bits per heavy atom. The second-order valence-electron chi connectivity index (χ2n) is 6.76. The summed E-state index contributed by atoms with van der Waals surface area (Å²) >= 11 is 0. The smallest absolute Gasteiger partial charge is 0.410 e. The van der Waals surface area contributed by atoms with Gasteiger partial charge in [0.05, 0.1) is 0 Å². The summed E-state index contributed by atoms with van der Waals surface area (Å²) in [4.78, 5) is 13.3. The van der Waals surface area contributed by atoms with Gasteiger partial charge in [0.1, 0.15) is 5.60 Å². The molecule has 0 aromatic heterocycles. The molecule has 0 unspecified atom stereocenters. The molecule has 0 atom stereocenters. The van der Waals surface area contributed by atoms with Gasteiger partial charge in [0.15, 0.2) is 0 Å². The number of hydrogen-bond donors (Lipinski definition) is 2. The summed E-state index contributed by atoms with van der Waals surface area (Å²) in [5.41, 5.74) is 6.53. The van der Waals surface area contributed by atoms with Crippen LogP contribution in [-0.4, -0.2) is 47.4 Å². The standard InChI is InChI=1S/C10H20N2O2.C8H10O/c1-10(2,3)14-9(13)12-6-4-8(11)5-7-12;9-7-6-8-4-2-1-3-5-8/h8H,4-7,11H2,1-3H3;1-5,9H,6-7H2. The van der Waals surface area contributed by atoms with Crippen LogP contribution < -0.4 is 5.73 Å². The third-order valence-corrected chi connectivity index (χ3v) is 3.43. The van der Waals surface area contributed by atoms with E-state index in [0.29, 0.717) is 0 Å². The number of likely N-dealkylation sites (tertiary alicyclic amines) is 1. The Bertz CT molecular complexity index is 449. The van der Waals surface area contributed by atoms with E-state index in [4.69, 9.17) is 15.6 Å². The molecule has 3 N–H and O–H groups in total. The minimum atomic E-state index is -0.406. The molecule has 23 heavy (non-hydrogen) atoms. The maximum Gasteiger partial charge on any atom is 0.410 e. The van der Waals surface area contributed by atoms with Gasteiger partial charge in [0, 0.05) is 25.7 Å². The van der Waals surface area contributed by atoms with E-state index in [1.807, 2.05) is 51.1 Å². The Morgan fingerprint density at radius 3 is 2.30 bits per heavy atom. The molecule has 0 radical (unpaired) electrons. The Kier molecular flexibility index (Phi) is 8.06. The number of piperidine rings is 1. The van der Waals surface area contributed by atoms with Crippen LogP contribution in [0.2, 0.25) is 0 Å². The maximum atomic E-state index is 11.6. The zero-order valence-corrected chi connectivity index (χ0v) is 14.5. The molecule has 1 heterocycles. The lowest BCUT2D eigenvalue weighted by Crippen LogP contribution is -2.44. The van der Waals surface area contributed by atoms with E-state index in [1.54, 1.807) is 4.90 Å². The van der Waals surface area contributed by atoms with E-state index in [9.17, 15) is 4.79 Å². The highest BCUT2D eigenvalue weighted by Crippen LogP contribution is 2.14. The van der Waals surface area contributed by atoms with Gasteiger partial charge in [-0.05, 0) is 45.6 Å². The number of hydrogen-bond acceptors (Lipinski definition) is 4. The van der Waals surface area contributed by atoms with Gasteiger partial charge in [0.2, 0.25) is 0 Å². The molecule has 1 saturated heterocycles. The monoisotopic (exact) mass is 322 g/mol. The fourth-order valence-corrected chi connectivity index (χ4v) is 2.18. The van der Waals surface area contributed by atoms with E-state index in [-0.39, 0.29) is 18.7 Å². The van der Waals surface area contributed by atoms with Crippen molar-refractivity contribution < 1.29 is 14.6 Å². The Labute approximate surface area is 139 Å². The van der Waals surface area contributed by atoms with E-state index in [2.05, 4.69) is 0 Å². The number of nitrogens with two attached hydrogens (primary N) is 1. The van der Waals surface area contributed by atoms with Crippen LogP contribution in [0.25, 0.3) is 0 Å². The van der Waals surface area contributed by atoms with Gasteiger partial charge >= 0.3 is 6.09 Å². The van der Waals surface area contributed by atoms with E-state index >= 15 is 0 Å². The minimum Gasteiger partial charge on any atom is -0.444 e. The van der Waals surface area contributed by atoms with Crippen molar-refractivity contribution in [2.45, 2.75) is 51.7 Å². The first-order chi connectivity index (χ1) is 10.8. The van der Waals surface area contributed by atoms with Gasteiger partial charge in [-0.1, -0.05) is 30.3 Å². The molecular weight excluding hydrogens is 292 g/mol. The Hall–Kier alpha value is -1.59. The van der Waals surface area contributed by atoms with Crippen molar-refractivity contribution in [3.8, 4) is 0 Å². The number of ether oxygens (including phenoxy) is 1. The van der Waals surface area contributed by atoms with Crippen molar-refractivity contribution in [2.75, 3.05) is 19.7 Å². The first kappa shape index (κ1) is 19.5. The van der Waals surface area contributed by atoms with Crippen LogP contribution in [0.15, 0.2) is 30.3 Å². The van der Waals surface area contributed by atoms with Crippen LogP contribution in [0.5, 0.6) is 0 Å². The Balaban J connectivity index is 0.000000253. The van der Waals surface area contributed by atoms with Crippen molar-refractivity contribution in [2.24, 2.45) is 5.73 Å². The second kappa shape index (κ2) is 9.53. The summed E-state index contributed by atoms with van der Waals surface area (Å²) in [6.45, 7) is 7.30. The number of carbonyl (C=O) groups is 1. The van der Waals surface area contributed by atoms with Gasteiger partial charge in [-0.25, -0.2) is 4.79 Å². The van der Waals surface area contributed by atoms with Crippen molar-refractivity contribution in [1.29, 1.82) is 0 Å². The molecule has 1 amide bonds. The van der Waals surface area contributed by atoms with Crippen molar-refractivity contribution >= 4 is 6.09 Å². The lowest BCUT2D eigenvalue weighted by molar-refractivity contribution is 0.0207. The van der Waals surface area contributed by atoms with E-state index < -0.39 is 5.60 Å². The average molecular weight is 322 g/mol. The topological polar surface area (TPSA) is 75.8 Å². The van der Waals surface area contributed by atoms with Crippen molar-refractivity contribution in [3.05, 3.63) is 35.9 Å². The molecule has 5 nitrogen and oxygen atoms in total. The SMILES string of the molecule is CC(C)(C)OC(=O)N1CCC(N)CC1.OCCc1ccccc1. The van der Waals surface area contributed by atoms with Gasteiger partial charge in [-0.15, -0.1) is 0 Å². The normalized spacial score (nSPS) is 15.6. The number of rotatable bonds is 2. The number of benzene rings is 1. The molecule has 130 valence electrons. The number of nitrogens with zero attached hydrogens (tertiary/aromatic N) is 1. The number of carbonyl (C=O) groups excluding carboxylic acids is 1. The van der Waals surface area contributed by atoms with Gasteiger partial charge in [-0.2, -0.15) is 0 Å². The van der Waals surface area contributed by atoms with Gasteiger partial charge in [-0.3, -0.25) is 0 Å². The van der Waals surface area contributed by atoms with E-state index in [1.165, 1.54) is 5.56 Å². The van der Waals surface area contributed by atoms with Crippen LogP contribution >= 0.6 is 0 Å². The Morgan fingerprint density at radius 1 is 1.26 bits per heavy atom. The quantitative estimate of drug-likeness (QED) is 0.877. The maximum absolute atomic E-state index is 11.6. The average Bonchev–Trinajstić information content (AvgIpc) is 2.48. The molecule has 1 aromatic rings. The largest absolute Gasteiger partial charge is 0.444 e. The summed E-state index contributed by atoms with van der Waals surface area (Å²) in [7, 11) is 0. The lowest BCUT2D eigenvalue weighted by Gasteiger charge is -2.32. The second-order valence-corrected chi connectivity index (χ2v) is 6.76. The summed E-state index contributed by atoms with van der Waals surface area (Å²) in [5, 5.41) is 8.52. The van der Waals surface area contributed by atoms with Gasteiger partial charge in [0.25, 0.3) is 0 Å². The molecule has 0 aliphatic carbocycles. The summed E-state index contributed by atoms with van der Waals surface area (Å²) in [6.07, 6.45) is 2.30. The van der Waals surface area contributed by atoms with Crippen LogP contribution in [0, 0.1) is 0 Å². The minimum absolute atomic E-state index is 0.218. The molecule has 2 rings (SSSR count). The third-order valence-electron chi connectivity index (χ3n) is 3.43. The zero-order chi connectivity index (χ0) is 17.3. The highest BCUT2D eigenvalue weighted by atomic mass is 16.6. The number of amides is 1. The molecule has 1 aromatic carbocycles.